The summed E-state index contributed by atoms with van der Waals surface area (Å²) >= 11 is 0. The highest BCUT2D eigenvalue weighted by Gasteiger charge is 2.14. The number of nitrogens with zero attached hydrogens (tertiary/aromatic N) is 4. The van der Waals surface area contributed by atoms with Gasteiger partial charge in [-0.1, -0.05) is 18.2 Å². The van der Waals surface area contributed by atoms with Gasteiger partial charge in [0.05, 0.1) is 17.1 Å². The third-order valence-corrected chi connectivity index (χ3v) is 3.86. The summed E-state index contributed by atoms with van der Waals surface area (Å²) in [6.45, 7) is 2.94. The van der Waals surface area contributed by atoms with Crippen molar-refractivity contribution in [2.24, 2.45) is 10.2 Å². The molecule has 0 amide bonds. The lowest BCUT2D eigenvalue weighted by Crippen LogP contribution is -2.14. The maximum atomic E-state index is 6.21. The highest BCUT2D eigenvalue weighted by molar-refractivity contribution is 5.64. The van der Waals surface area contributed by atoms with E-state index in [1.165, 1.54) is 0 Å². The number of para-hydroxylation sites is 1. The zero-order valence-electron chi connectivity index (χ0n) is 13.7. The van der Waals surface area contributed by atoms with Gasteiger partial charge < -0.3 is 15.2 Å². The molecule has 0 saturated carbocycles. The Labute approximate surface area is 144 Å². The summed E-state index contributed by atoms with van der Waals surface area (Å²) in [5.41, 5.74) is 9.02. The number of rotatable bonds is 3. The predicted molar refractivity (Wildman–Crippen MR) is 94.3 cm³/mol. The van der Waals surface area contributed by atoms with Gasteiger partial charge in [0.1, 0.15) is 13.2 Å². The van der Waals surface area contributed by atoms with E-state index in [9.17, 15) is 0 Å². The van der Waals surface area contributed by atoms with Crippen LogP contribution in [0.4, 0.5) is 17.2 Å². The second kappa shape index (κ2) is 6.27. The number of anilines is 1. The van der Waals surface area contributed by atoms with Gasteiger partial charge in [-0.2, -0.15) is 10.2 Å². The summed E-state index contributed by atoms with van der Waals surface area (Å²) in [5, 5.41) is 13.0. The predicted octanol–water partition coefficient (Wildman–Crippen LogP) is 3.95. The van der Waals surface area contributed by atoms with Crippen molar-refractivity contribution in [3.63, 3.8) is 0 Å². The molecule has 0 radical (unpaired) electrons. The van der Waals surface area contributed by atoms with Crippen LogP contribution in [0.25, 0.3) is 5.69 Å². The number of hydrogen-bond donors (Lipinski definition) is 1. The summed E-state index contributed by atoms with van der Waals surface area (Å²) in [4.78, 5) is 0. The van der Waals surface area contributed by atoms with Gasteiger partial charge in [0, 0.05) is 6.07 Å². The Bertz CT molecular complexity index is 934. The van der Waals surface area contributed by atoms with Crippen molar-refractivity contribution < 1.29 is 9.47 Å². The Morgan fingerprint density at radius 2 is 1.76 bits per heavy atom. The van der Waals surface area contributed by atoms with Gasteiger partial charge in [-0.25, -0.2) is 4.68 Å². The minimum Gasteiger partial charge on any atom is -0.486 e. The van der Waals surface area contributed by atoms with Gasteiger partial charge in [-0.05, 0) is 31.2 Å². The third-order valence-electron chi connectivity index (χ3n) is 3.86. The van der Waals surface area contributed by atoms with Gasteiger partial charge in [0.15, 0.2) is 23.0 Å². The van der Waals surface area contributed by atoms with Crippen LogP contribution in [-0.4, -0.2) is 23.0 Å². The van der Waals surface area contributed by atoms with Gasteiger partial charge in [-0.3, -0.25) is 0 Å². The first-order chi connectivity index (χ1) is 12.2. The number of ether oxygens (including phenoxy) is 2. The molecule has 0 fully saturated rings. The van der Waals surface area contributed by atoms with Crippen LogP contribution in [0, 0.1) is 6.92 Å². The highest BCUT2D eigenvalue weighted by Crippen LogP contribution is 2.35. The zero-order valence-corrected chi connectivity index (χ0v) is 13.7. The van der Waals surface area contributed by atoms with E-state index in [1.807, 2.05) is 49.4 Å². The molecule has 0 aliphatic carbocycles. The normalized spacial score (nSPS) is 13.3. The van der Waals surface area contributed by atoms with Gasteiger partial charge in [0.25, 0.3) is 0 Å². The fraction of sp³-hybridized carbons (Fsp3) is 0.167. The lowest BCUT2D eigenvalue weighted by molar-refractivity contribution is 0.171. The van der Waals surface area contributed by atoms with Gasteiger partial charge in [0.2, 0.25) is 0 Å². The first-order valence-electron chi connectivity index (χ1n) is 7.94. The molecule has 0 unspecified atom stereocenters. The Morgan fingerprint density at radius 1 is 1.00 bits per heavy atom. The molecule has 4 rings (SSSR count). The zero-order chi connectivity index (χ0) is 17.2. The van der Waals surface area contributed by atoms with E-state index in [-0.39, 0.29) is 0 Å². The molecule has 0 bridgehead atoms. The molecule has 0 atom stereocenters. The topological polar surface area (TPSA) is 87.0 Å². The van der Waals surface area contributed by atoms with Crippen molar-refractivity contribution in [1.82, 2.24) is 9.78 Å². The monoisotopic (exact) mass is 335 g/mol. The molecule has 7 nitrogen and oxygen atoms in total. The second-order valence-electron chi connectivity index (χ2n) is 5.59. The fourth-order valence-corrected chi connectivity index (χ4v) is 2.63. The lowest BCUT2D eigenvalue weighted by Gasteiger charge is -2.17. The molecule has 2 heterocycles. The number of fused-ring (bicyclic) bond motifs is 1. The number of azo groups is 1. The summed E-state index contributed by atoms with van der Waals surface area (Å²) in [7, 11) is 0. The van der Waals surface area contributed by atoms with E-state index in [4.69, 9.17) is 15.2 Å². The van der Waals surface area contributed by atoms with Crippen molar-refractivity contribution in [1.29, 1.82) is 0 Å². The molecular formula is C18H17N5O2. The first kappa shape index (κ1) is 15.2. The molecule has 1 aromatic heterocycles. The number of nitrogen functional groups attached to an aromatic ring is 1. The smallest absolute Gasteiger partial charge is 0.163 e. The van der Waals surface area contributed by atoms with Crippen molar-refractivity contribution in [3.8, 4) is 17.2 Å². The van der Waals surface area contributed by atoms with Crippen molar-refractivity contribution in [2.45, 2.75) is 6.92 Å². The number of nitrogens with two attached hydrogens (primary N) is 1. The molecule has 2 aromatic carbocycles. The van der Waals surface area contributed by atoms with Crippen LogP contribution in [-0.2, 0) is 0 Å². The summed E-state index contributed by atoms with van der Waals surface area (Å²) in [6.07, 6.45) is 0. The fourth-order valence-electron chi connectivity index (χ4n) is 2.63. The van der Waals surface area contributed by atoms with Crippen molar-refractivity contribution >= 4 is 17.2 Å². The van der Waals surface area contributed by atoms with E-state index >= 15 is 0 Å². The molecule has 0 spiro atoms. The van der Waals surface area contributed by atoms with Crippen LogP contribution in [0.2, 0.25) is 0 Å². The van der Waals surface area contributed by atoms with Crippen LogP contribution < -0.4 is 15.2 Å². The maximum absolute atomic E-state index is 6.21. The Morgan fingerprint density at radius 3 is 2.56 bits per heavy atom. The number of hydrogen-bond acceptors (Lipinski definition) is 6. The van der Waals surface area contributed by atoms with Crippen LogP contribution in [0.1, 0.15) is 5.69 Å². The van der Waals surface area contributed by atoms with Crippen molar-refractivity contribution in [3.05, 3.63) is 54.2 Å². The maximum Gasteiger partial charge on any atom is 0.163 e. The minimum atomic E-state index is 0.449. The van der Waals surface area contributed by atoms with Crippen LogP contribution in [0.15, 0.2) is 58.8 Å². The lowest BCUT2D eigenvalue weighted by atomic mass is 10.2. The van der Waals surface area contributed by atoms with E-state index < -0.39 is 0 Å². The van der Waals surface area contributed by atoms with E-state index in [0.717, 1.165) is 11.4 Å². The molecule has 25 heavy (non-hydrogen) atoms. The number of aryl methyl sites for hydroxylation is 1. The summed E-state index contributed by atoms with van der Waals surface area (Å²) < 4.78 is 12.7. The molecular weight excluding hydrogens is 318 g/mol. The molecule has 2 N–H and O–H groups in total. The molecule has 126 valence electrons. The molecule has 0 saturated heterocycles. The largest absolute Gasteiger partial charge is 0.486 e. The third kappa shape index (κ3) is 2.91. The molecule has 1 aliphatic heterocycles. The van der Waals surface area contributed by atoms with Crippen molar-refractivity contribution in [2.75, 3.05) is 18.9 Å². The van der Waals surface area contributed by atoms with Crippen LogP contribution in [0.5, 0.6) is 11.5 Å². The summed E-state index contributed by atoms with van der Waals surface area (Å²) in [5.74, 6) is 1.84. The van der Waals surface area contributed by atoms with E-state index in [2.05, 4.69) is 15.3 Å². The molecule has 3 aromatic rings. The quantitative estimate of drug-likeness (QED) is 0.734. The Balaban J connectivity index is 1.65. The van der Waals surface area contributed by atoms with Crippen LogP contribution >= 0.6 is 0 Å². The van der Waals surface area contributed by atoms with Crippen LogP contribution in [0.3, 0.4) is 0 Å². The van der Waals surface area contributed by atoms with E-state index in [0.29, 0.717) is 41.8 Å². The standard InChI is InChI=1S/C18H17N5O2/c1-12-17(18(19)23(22-12)14-5-3-2-4-6-14)21-20-13-7-8-15-16(11-13)25-10-9-24-15/h2-8,11H,9-10,19H2,1H3. The number of benzene rings is 2. The average Bonchev–Trinajstić information content (AvgIpc) is 2.94. The Kier molecular flexibility index (Phi) is 3.81. The van der Waals surface area contributed by atoms with Gasteiger partial charge >= 0.3 is 0 Å². The Hall–Kier alpha value is -3.35. The first-order valence-corrected chi connectivity index (χ1v) is 7.94. The summed E-state index contributed by atoms with van der Waals surface area (Å²) in [6, 6.07) is 15.1. The highest BCUT2D eigenvalue weighted by atomic mass is 16.6. The number of aromatic nitrogens is 2. The molecule has 7 heteroatoms. The van der Waals surface area contributed by atoms with Gasteiger partial charge in [-0.15, -0.1) is 5.11 Å². The molecule has 1 aliphatic rings. The van der Waals surface area contributed by atoms with E-state index in [1.54, 1.807) is 10.7 Å². The minimum absolute atomic E-state index is 0.449. The second-order valence-corrected chi connectivity index (χ2v) is 5.59. The SMILES string of the molecule is Cc1nn(-c2ccccc2)c(N)c1N=Nc1ccc2c(c1)OCCO2. The average molecular weight is 335 g/mol.